The molecule has 0 spiro atoms. The SMILES string of the molecule is CCOC(=O)c1c(N)c(C#N)cn1CCOC. The second-order valence-electron chi connectivity index (χ2n) is 3.32. The molecule has 1 heterocycles. The molecule has 1 rings (SSSR count). The van der Waals surface area contributed by atoms with Crippen molar-refractivity contribution in [2.75, 3.05) is 26.1 Å². The van der Waals surface area contributed by atoms with Crippen LogP contribution in [0.1, 0.15) is 23.0 Å². The normalized spacial score (nSPS) is 9.94. The van der Waals surface area contributed by atoms with Gasteiger partial charge in [-0.1, -0.05) is 0 Å². The number of nitrogen functional groups attached to an aromatic ring is 1. The molecule has 0 aliphatic heterocycles. The lowest BCUT2D eigenvalue weighted by molar-refractivity contribution is 0.0513. The van der Waals surface area contributed by atoms with E-state index in [9.17, 15) is 4.79 Å². The Bertz CT molecular complexity index is 446. The van der Waals surface area contributed by atoms with E-state index in [1.165, 1.54) is 6.20 Å². The van der Waals surface area contributed by atoms with Gasteiger partial charge in [0.1, 0.15) is 6.07 Å². The Labute approximate surface area is 99.5 Å². The van der Waals surface area contributed by atoms with Crippen LogP contribution in [0.25, 0.3) is 0 Å². The molecule has 0 saturated heterocycles. The number of nitrogens with two attached hydrogens (primary N) is 1. The van der Waals surface area contributed by atoms with Gasteiger partial charge in [-0.25, -0.2) is 4.79 Å². The minimum atomic E-state index is -0.525. The number of carbonyl (C=O) groups is 1. The van der Waals surface area contributed by atoms with Crippen molar-refractivity contribution in [3.8, 4) is 6.07 Å². The van der Waals surface area contributed by atoms with Crippen molar-refractivity contribution in [2.45, 2.75) is 13.5 Å². The third kappa shape index (κ3) is 2.77. The predicted molar refractivity (Wildman–Crippen MR) is 61.4 cm³/mol. The lowest BCUT2D eigenvalue weighted by Gasteiger charge is -2.08. The van der Waals surface area contributed by atoms with Gasteiger partial charge >= 0.3 is 5.97 Å². The zero-order valence-electron chi connectivity index (χ0n) is 9.90. The molecule has 0 amide bonds. The minimum absolute atomic E-state index is 0.155. The van der Waals surface area contributed by atoms with E-state index in [1.54, 1.807) is 18.6 Å². The van der Waals surface area contributed by atoms with E-state index in [2.05, 4.69) is 0 Å². The van der Waals surface area contributed by atoms with Gasteiger partial charge in [0, 0.05) is 19.9 Å². The van der Waals surface area contributed by atoms with Crippen LogP contribution < -0.4 is 5.73 Å². The Morgan fingerprint density at radius 2 is 2.35 bits per heavy atom. The molecule has 0 aliphatic carbocycles. The van der Waals surface area contributed by atoms with Gasteiger partial charge in [0.05, 0.1) is 24.5 Å². The average molecular weight is 237 g/mol. The Balaban J connectivity index is 3.10. The van der Waals surface area contributed by atoms with Crippen LogP contribution in [0.2, 0.25) is 0 Å². The van der Waals surface area contributed by atoms with Crippen molar-refractivity contribution in [1.82, 2.24) is 4.57 Å². The van der Waals surface area contributed by atoms with E-state index in [0.717, 1.165) is 0 Å². The molecule has 6 heteroatoms. The summed E-state index contributed by atoms with van der Waals surface area (Å²) < 4.78 is 11.4. The summed E-state index contributed by atoms with van der Waals surface area (Å²) in [5, 5.41) is 8.87. The molecule has 0 radical (unpaired) electrons. The van der Waals surface area contributed by atoms with Gasteiger partial charge < -0.3 is 19.8 Å². The van der Waals surface area contributed by atoms with Crippen LogP contribution in [0, 0.1) is 11.3 Å². The van der Waals surface area contributed by atoms with Crippen molar-refractivity contribution in [1.29, 1.82) is 5.26 Å². The molecule has 0 saturated carbocycles. The van der Waals surface area contributed by atoms with Gasteiger partial charge in [0.15, 0.2) is 5.69 Å². The largest absolute Gasteiger partial charge is 0.461 e. The van der Waals surface area contributed by atoms with Crippen molar-refractivity contribution < 1.29 is 14.3 Å². The lowest BCUT2D eigenvalue weighted by atomic mass is 10.3. The van der Waals surface area contributed by atoms with E-state index >= 15 is 0 Å². The molecule has 0 bridgehead atoms. The second-order valence-corrected chi connectivity index (χ2v) is 3.32. The van der Waals surface area contributed by atoms with Gasteiger partial charge in [-0.05, 0) is 6.92 Å². The van der Waals surface area contributed by atoms with Crippen LogP contribution >= 0.6 is 0 Å². The number of ether oxygens (including phenoxy) is 2. The highest BCUT2D eigenvalue weighted by atomic mass is 16.5. The maximum atomic E-state index is 11.7. The first-order chi connectivity index (χ1) is 8.15. The molecular weight excluding hydrogens is 222 g/mol. The number of nitrogens with zero attached hydrogens (tertiary/aromatic N) is 2. The highest BCUT2D eigenvalue weighted by molar-refractivity contribution is 5.95. The highest BCUT2D eigenvalue weighted by Crippen LogP contribution is 2.20. The maximum Gasteiger partial charge on any atom is 0.357 e. The van der Waals surface area contributed by atoms with Gasteiger partial charge in [-0.2, -0.15) is 5.26 Å². The standard InChI is InChI=1S/C11H15N3O3/c1-3-17-11(15)10-9(13)8(6-12)7-14(10)4-5-16-2/h7H,3-5,13H2,1-2H3. The molecular formula is C11H15N3O3. The molecule has 6 nitrogen and oxygen atoms in total. The molecule has 2 N–H and O–H groups in total. The number of carbonyl (C=O) groups excluding carboxylic acids is 1. The van der Waals surface area contributed by atoms with E-state index < -0.39 is 5.97 Å². The third-order valence-corrected chi connectivity index (χ3v) is 2.24. The highest BCUT2D eigenvalue weighted by Gasteiger charge is 2.20. The van der Waals surface area contributed by atoms with Crippen molar-refractivity contribution in [3.05, 3.63) is 17.5 Å². The van der Waals surface area contributed by atoms with Gasteiger partial charge in [0.25, 0.3) is 0 Å². The van der Waals surface area contributed by atoms with Crippen LogP contribution in [-0.2, 0) is 16.0 Å². The molecule has 0 aromatic carbocycles. The number of anilines is 1. The van der Waals surface area contributed by atoms with Crippen molar-refractivity contribution >= 4 is 11.7 Å². The fourth-order valence-corrected chi connectivity index (χ4v) is 1.45. The lowest BCUT2D eigenvalue weighted by Crippen LogP contribution is -2.15. The number of esters is 1. The molecule has 0 aliphatic rings. The summed E-state index contributed by atoms with van der Waals surface area (Å²) in [5.41, 5.74) is 6.36. The number of rotatable bonds is 5. The Morgan fingerprint density at radius 1 is 1.65 bits per heavy atom. The van der Waals surface area contributed by atoms with E-state index in [0.29, 0.717) is 13.2 Å². The summed E-state index contributed by atoms with van der Waals surface area (Å²) in [7, 11) is 1.56. The minimum Gasteiger partial charge on any atom is -0.461 e. The smallest absolute Gasteiger partial charge is 0.357 e. The van der Waals surface area contributed by atoms with Gasteiger partial charge in [0.2, 0.25) is 0 Å². The van der Waals surface area contributed by atoms with Crippen molar-refractivity contribution in [3.63, 3.8) is 0 Å². The first-order valence-electron chi connectivity index (χ1n) is 5.20. The molecule has 17 heavy (non-hydrogen) atoms. The summed E-state index contributed by atoms with van der Waals surface area (Å²) in [4.78, 5) is 11.7. The first-order valence-corrected chi connectivity index (χ1v) is 5.20. The number of methoxy groups -OCH3 is 1. The summed E-state index contributed by atoms with van der Waals surface area (Å²) >= 11 is 0. The first kappa shape index (κ1) is 13.1. The Kier molecular flexibility index (Phi) is 4.55. The number of nitriles is 1. The fraction of sp³-hybridized carbons (Fsp3) is 0.455. The zero-order chi connectivity index (χ0) is 12.8. The third-order valence-electron chi connectivity index (χ3n) is 2.24. The van der Waals surface area contributed by atoms with Crippen molar-refractivity contribution in [2.24, 2.45) is 0 Å². The summed E-state index contributed by atoms with van der Waals surface area (Å²) in [5.74, 6) is -0.525. The quantitative estimate of drug-likeness (QED) is 0.764. The topological polar surface area (TPSA) is 90.3 Å². The van der Waals surface area contributed by atoms with E-state index in [-0.39, 0.29) is 23.6 Å². The monoisotopic (exact) mass is 237 g/mol. The van der Waals surface area contributed by atoms with E-state index in [1.807, 2.05) is 6.07 Å². The Morgan fingerprint density at radius 3 is 2.88 bits per heavy atom. The maximum absolute atomic E-state index is 11.7. The van der Waals surface area contributed by atoms with E-state index in [4.69, 9.17) is 20.5 Å². The number of hydrogen-bond donors (Lipinski definition) is 1. The number of hydrogen-bond acceptors (Lipinski definition) is 5. The summed E-state index contributed by atoms with van der Waals surface area (Å²) in [6.45, 7) is 2.83. The second kappa shape index (κ2) is 5.92. The van der Waals surface area contributed by atoms with Gasteiger partial charge in [-0.15, -0.1) is 0 Å². The van der Waals surface area contributed by atoms with Crippen LogP contribution in [-0.4, -0.2) is 30.9 Å². The molecule has 1 aromatic heterocycles. The molecule has 0 atom stereocenters. The molecule has 0 unspecified atom stereocenters. The summed E-state index contributed by atoms with van der Waals surface area (Å²) in [6.07, 6.45) is 1.53. The van der Waals surface area contributed by atoms with Crippen LogP contribution in [0.15, 0.2) is 6.20 Å². The predicted octanol–water partition coefficient (Wildman–Crippen LogP) is 0.765. The van der Waals surface area contributed by atoms with Crippen LogP contribution in [0.5, 0.6) is 0 Å². The van der Waals surface area contributed by atoms with Crippen LogP contribution in [0.4, 0.5) is 5.69 Å². The Hall–Kier alpha value is -2.00. The number of aromatic nitrogens is 1. The molecule has 92 valence electrons. The molecule has 1 aromatic rings. The summed E-state index contributed by atoms with van der Waals surface area (Å²) in [6, 6.07) is 1.94. The average Bonchev–Trinajstić information content (AvgIpc) is 2.63. The zero-order valence-corrected chi connectivity index (χ0v) is 9.90. The fourth-order valence-electron chi connectivity index (χ4n) is 1.45. The molecule has 0 fully saturated rings. The van der Waals surface area contributed by atoms with Crippen LogP contribution in [0.3, 0.4) is 0 Å². The van der Waals surface area contributed by atoms with Gasteiger partial charge in [-0.3, -0.25) is 0 Å².